The van der Waals surface area contributed by atoms with E-state index in [9.17, 15) is 14.0 Å². The van der Waals surface area contributed by atoms with Gasteiger partial charge in [0.25, 0.3) is 11.5 Å². The fraction of sp³-hybridized carbons (Fsp3) is 0.261. The van der Waals surface area contributed by atoms with Crippen LogP contribution in [0.2, 0.25) is 0 Å². The molecule has 0 saturated carbocycles. The quantitative estimate of drug-likeness (QED) is 0.281. The van der Waals surface area contributed by atoms with Crippen LogP contribution in [0.15, 0.2) is 58.5 Å². The zero-order valence-electron chi connectivity index (χ0n) is 18.1. The van der Waals surface area contributed by atoms with E-state index in [0.717, 1.165) is 6.42 Å². The summed E-state index contributed by atoms with van der Waals surface area (Å²) in [5.74, 6) is 0.0884. The van der Waals surface area contributed by atoms with Gasteiger partial charge in [0.1, 0.15) is 10.8 Å². The lowest BCUT2D eigenvalue weighted by molar-refractivity contribution is 0.102. The molecule has 1 N–H and O–H groups in total. The van der Waals surface area contributed by atoms with Gasteiger partial charge in [0.05, 0.1) is 16.7 Å². The molecule has 0 aliphatic rings. The minimum atomic E-state index is -0.409. The van der Waals surface area contributed by atoms with Gasteiger partial charge in [-0.3, -0.25) is 14.2 Å². The highest BCUT2D eigenvalue weighted by Gasteiger charge is 2.16. The third kappa shape index (κ3) is 5.63. The van der Waals surface area contributed by atoms with Gasteiger partial charge in [-0.1, -0.05) is 49.1 Å². The second-order valence-electron chi connectivity index (χ2n) is 7.80. The summed E-state index contributed by atoms with van der Waals surface area (Å²) in [5.41, 5.74) is 1.07. The topological polar surface area (TPSA) is 89.8 Å². The molecule has 0 saturated heterocycles. The fourth-order valence-corrected chi connectivity index (χ4v) is 4.84. The Balaban J connectivity index is 1.50. The second-order valence-corrected chi connectivity index (χ2v) is 9.81. The molecule has 0 aliphatic carbocycles. The van der Waals surface area contributed by atoms with Crippen molar-refractivity contribution in [3.63, 3.8) is 0 Å². The van der Waals surface area contributed by atoms with E-state index in [0.29, 0.717) is 45.0 Å². The number of halogens is 1. The number of amides is 1. The van der Waals surface area contributed by atoms with Gasteiger partial charge >= 0.3 is 0 Å². The standard InChI is InChI=1S/C23H22FN5O2S2/c1-14(2)11-12-29-22(31)17-5-3-4-6-18(17)26-23(29)32-13-19-27-28-21(33-19)20(30)25-16-9-7-15(24)8-10-16/h3-10,14H,11-13H2,1-2H3,(H,25,30). The van der Waals surface area contributed by atoms with Gasteiger partial charge in [0.2, 0.25) is 5.01 Å². The average molecular weight is 484 g/mol. The van der Waals surface area contributed by atoms with Crippen LogP contribution >= 0.6 is 23.1 Å². The van der Waals surface area contributed by atoms with E-state index in [-0.39, 0.29) is 16.4 Å². The normalized spacial score (nSPS) is 11.3. The first-order valence-electron chi connectivity index (χ1n) is 10.4. The molecular weight excluding hydrogens is 461 g/mol. The average Bonchev–Trinajstić information content (AvgIpc) is 3.28. The van der Waals surface area contributed by atoms with Crippen LogP contribution in [-0.2, 0) is 12.3 Å². The largest absolute Gasteiger partial charge is 0.320 e. The number of hydrogen-bond donors (Lipinski definition) is 1. The van der Waals surface area contributed by atoms with Gasteiger partial charge < -0.3 is 5.32 Å². The first kappa shape index (κ1) is 23.1. The van der Waals surface area contributed by atoms with Gasteiger partial charge in [0, 0.05) is 12.2 Å². The van der Waals surface area contributed by atoms with E-state index >= 15 is 0 Å². The molecule has 4 aromatic rings. The number of nitrogens with zero attached hydrogens (tertiary/aromatic N) is 4. The van der Waals surface area contributed by atoms with Crippen molar-refractivity contribution in [1.29, 1.82) is 0 Å². The Hall–Kier alpha value is -3.11. The monoisotopic (exact) mass is 483 g/mol. The summed E-state index contributed by atoms with van der Waals surface area (Å²) in [7, 11) is 0. The summed E-state index contributed by atoms with van der Waals surface area (Å²) in [6, 6.07) is 12.8. The lowest BCUT2D eigenvalue weighted by Gasteiger charge is -2.13. The minimum absolute atomic E-state index is 0.0552. The van der Waals surface area contributed by atoms with Crippen molar-refractivity contribution in [1.82, 2.24) is 19.7 Å². The first-order valence-corrected chi connectivity index (χ1v) is 12.2. The van der Waals surface area contributed by atoms with Crippen LogP contribution < -0.4 is 10.9 Å². The van der Waals surface area contributed by atoms with Crippen LogP contribution in [0.25, 0.3) is 10.9 Å². The Kier molecular flexibility index (Phi) is 7.14. The highest BCUT2D eigenvalue weighted by molar-refractivity contribution is 7.98. The van der Waals surface area contributed by atoms with Gasteiger partial charge in [-0.2, -0.15) is 0 Å². The molecule has 4 rings (SSSR count). The van der Waals surface area contributed by atoms with E-state index in [4.69, 9.17) is 4.98 Å². The molecule has 0 aliphatic heterocycles. The zero-order valence-corrected chi connectivity index (χ0v) is 19.8. The Morgan fingerprint density at radius 1 is 1.15 bits per heavy atom. The number of thioether (sulfide) groups is 1. The Bertz CT molecular complexity index is 1330. The molecule has 10 heteroatoms. The molecule has 0 spiro atoms. The van der Waals surface area contributed by atoms with Crippen molar-refractivity contribution < 1.29 is 9.18 Å². The molecule has 33 heavy (non-hydrogen) atoms. The number of fused-ring (bicyclic) bond motifs is 1. The summed E-state index contributed by atoms with van der Waals surface area (Å²) in [5, 5.41) is 12.8. The fourth-order valence-electron chi connectivity index (χ4n) is 3.09. The van der Waals surface area contributed by atoms with Crippen LogP contribution in [0, 0.1) is 11.7 Å². The molecular formula is C23H22FN5O2S2. The summed E-state index contributed by atoms with van der Waals surface area (Å²) in [6.07, 6.45) is 0.861. The molecule has 0 atom stereocenters. The number of anilines is 1. The van der Waals surface area contributed by atoms with Crippen molar-refractivity contribution in [2.24, 2.45) is 5.92 Å². The van der Waals surface area contributed by atoms with E-state index in [1.54, 1.807) is 10.6 Å². The lowest BCUT2D eigenvalue weighted by Crippen LogP contribution is -2.24. The van der Waals surface area contributed by atoms with Gasteiger partial charge in [0.15, 0.2) is 5.16 Å². The molecule has 2 aromatic heterocycles. The Labute approximate surface area is 198 Å². The maximum atomic E-state index is 13.1. The Morgan fingerprint density at radius 2 is 1.91 bits per heavy atom. The summed E-state index contributed by atoms with van der Waals surface area (Å²) in [4.78, 5) is 30.2. The molecule has 0 radical (unpaired) electrons. The Morgan fingerprint density at radius 3 is 2.67 bits per heavy atom. The molecule has 0 fully saturated rings. The van der Waals surface area contributed by atoms with E-state index in [1.807, 2.05) is 18.2 Å². The summed E-state index contributed by atoms with van der Waals surface area (Å²) < 4.78 is 14.8. The van der Waals surface area contributed by atoms with Crippen molar-refractivity contribution in [3.05, 3.63) is 74.7 Å². The predicted octanol–water partition coefficient (Wildman–Crippen LogP) is 4.98. The number of para-hydroxylation sites is 1. The number of carbonyl (C=O) groups excluding carboxylic acids is 1. The van der Waals surface area contributed by atoms with Crippen molar-refractivity contribution >= 4 is 45.6 Å². The van der Waals surface area contributed by atoms with Crippen molar-refractivity contribution in [2.75, 3.05) is 5.32 Å². The predicted molar refractivity (Wildman–Crippen MR) is 129 cm³/mol. The highest BCUT2D eigenvalue weighted by atomic mass is 32.2. The highest BCUT2D eigenvalue weighted by Crippen LogP contribution is 2.25. The van der Waals surface area contributed by atoms with Gasteiger partial charge in [-0.15, -0.1) is 10.2 Å². The molecule has 7 nitrogen and oxygen atoms in total. The van der Waals surface area contributed by atoms with Crippen LogP contribution in [0.4, 0.5) is 10.1 Å². The van der Waals surface area contributed by atoms with Gasteiger partial charge in [-0.05, 0) is 48.7 Å². The molecule has 1 amide bonds. The van der Waals surface area contributed by atoms with Gasteiger partial charge in [-0.25, -0.2) is 9.37 Å². The molecule has 2 aromatic carbocycles. The first-order chi connectivity index (χ1) is 15.9. The number of benzene rings is 2. The molecule has 2 heterocycles. The van der Waals surface area contributed by atoms with E-state index in [2.05, 4.69) is 29.4 Å². The minimum Gasteiger partial charge on any atom is -0.320 e. The number of nitrogens with one attached hydrogen (secondary N) is 1. The van der Waals surface area contributed by atoms with Crippen molar-refractivity contribution in [3.8, 4) is 0 Å². The maximum Gasteiger partial charge on any atom is 0.286 e. The van der Waals surface area contributed by atoms with Crippen LogP contribution in [0.3, 0.4) is 0 Å². The van der Waals surface area contributed by atoms with Crippen molar-refractivity contribution in [2.45, 2.75) is 37.7 Å². The van der Waals surface area contributed by atoms with E-state index in [1.165, 1.54) is 47.4 Å². The molecule has 0 bridgehead atoms. The van der Waals surface area contributed by atoms with Crippen LogP contribution in [-0.4, -0.2) is 25.7 Å². The zero-order chi connectivity index (χ0) is 23.4. The maximum absolute atomic E-state index is 13.1. The molecule has 170 valence electrons. The number of carbonyl (C=O) groups is 1. The number of aromatic nitrogens is 4. The SMILES string of the molecule is CC(C)CCn1c(SCc2nnc(C(=O)Nc3ccc(F)cc3)s2)nc2ccccc2c1=O. The smallest absolute Gasteiger partial charge is 0.286 e. The number of rotatable bonds is 8. The number of hydrogen-bond acceptors (Lipinski definition) is 7. The van der Waals surface area contributed by atoms with Crippen LogP contribution in [0.1, 0.15) is 35.1 Å². The lowest BCUT2D eigenvalue weighted by atomic mass is 10.1. The summed E-state index contributed by atoms with van der Waals surface area (Å²) >= 11 is 2.57. The second kappa shape index (κ2) is 10.2. The summed E-state index contributed by atoms with van der Waals surface area (Å²) in [6.45, 7) is 4.82. The third-order valence-corrected chi connectivity index (χ3v) is 6.94. The van der Waals surface area contributed by atoms with E-state index < -0.39 is 5.91 Å². The third-order valence-electron chi connectivity index (χ3n) is 4.84. The molecule has 0 unspecified atom stereocenters. The van der Waals surface area contributed by atoms with Crippen LogP contribution in [0.5, 0.6) is 0 Å².